The second kappa shape index (κ2) is 6.39. The number of amides is 1. The number of piperidine rings is 1. The van der Waals surface area contributed by atoms with Gasteiger partial charge >= 0.3 is 0 Å². The Morgan fingerprint density at radius 1 is 1.53 bits per heavy atom. The number of benzene rings is 1. The second-order valence-corrected chi connectivity index (χ2v) is 5.91. The summed E-state index contributed by atoms with van der Waals surface area (Å²) in [7, 11) is 1.78. The number of halogens is 1. The van der Waals surface area contributed by atoms with Crippen LogP contribution in [0.1, 0.15) is 29.6 Å². The van der Waals surface area contributed by atoms with Gasteiger partial charge in [-0.2, -0.15) is 0 Å². The number of likely N-dealkylation sites (N-methyl/N-ethyl adjacent to an activating group) is 1. The number of carbonyl (C=O) groups excluding carboxylic acids is 1. The van der Waals surface area contributed by atoms with E-state index in [-0.39, 0.29) is 11.7 Å². The number of nitrogens with one attached hydrogen (secondary N) is 1. The summed E-state index contributed by atoms with van der Waals surface area (Å²) in [4.78, 5) is 14.0. The number of carbonyl (C=O) groups is 1. The molecule has 104 valence electrons. The number of hydrogen-bond donors (Lipinski definition) is 2. The van der Waals surface area contributed by atoms with Crippen LogP contribution in [-0.2, 0) is 0 Å². The monoisotopic (exact) mass is 326 g/mol. The predicted molar refractivity (Wildman–Crippen MR) is 78.4 cm³/mol. The van der Waals surface area contributed by atoms with Gasteiger partial charge in [0.2, 0.25) is 0 Å². The Morgan fingerprint density at radius 3 is 3.00 bits per heavy atom. The lowest BCUT2D eigenvalue weighted by Gasteiger charge is -2.28. The first-order chi connectivity index (χ1) is 9.08. The zero-order valence-electron chi connectivity index (χ0n) is 11.0. The van der Waals surface area contributed by atoms with Crippen molar-refractivity contribution in [2.45, 2.75) is 25.3 Å². The molecule has 1 aromatic rings. The molecule has 0 aromatic heterocycles. The van der Waals surface area contributed by atoms with Crippen LogP contribution in [0.25, 0.3) is 0 Å². The minimum absolute atomic E-state index is 0.0247. The summed E-state index contributed by atoms with van der Waals surface area (Å²) < 4.78 is 0.790. The topological polar surface area (TPSA) is 52.6 Å². The molecule has 1 unspecified atom stereocenters. The van der Waals surface area contributed by atoms with Crippen molar-refractivity contribution < 1.29 is 9.90 Å². The van der Waals surface area contributed by atoms with Crippen LogP contribution in [0.4, 0.5) is 0 Å². The molecule has 1 aromatic carbocycles. The van der Waals surface area contributed by atoms with Gasteiger partial charge in [-0.05, 0) is 37.6 Å². The van der Waals surface area contributed by atoms with Crippen LogP contribution in [0, 0.1) is 0 Å². The Labute approximate surface area is 121 Å². The Balaban J connectivity index is 2.03. The van der Waals surface area contributed by atoms with Gasteiger partial charge < -0.3 is 15.3 Å². The van der Waals surface area contributed by atoms with Crippen molar-refractivity contribution in [3.05, 3.63) is 28.2 Å². The molecule has 1 saturated heterocycles. The number of hydrogen-bond acceptors (Lipinski definition) is 3. The molecule has 0 bridgehead atoms. The zero-order valence-corrected chi connectivity index (χ0v) is 12.6. The molecule has 4 nitrogen and oxygen atoms in total. The normalized spacial score (nSPS) is 19.2. The maximum absolute atomic E-state index is 12.3. The Hall–Kier alpha value is -1.07. The van der Waals surface area contributed by atoms with Crippen molar-refractivity contribution in [3.63, 3.8) is 0 Å². The standard InChI is InChI=1S/C14H19BrN2O2/c1-17(9-11-4-2-3-7-16-11)14(19)12-8-10(15)5-6-13(12)18/h5-6,8,11,16,18H,2-4,7,9H2,1H3. The van der Waals surface area contributed by atoms with Crippen molar-refractivity contribution in [1.82, 2.24) is 10.2 Å². The van der Waals surface area contributed by atoms with Crippen LogP contribution in [0.15, 0.2) is 22.7 Å². The molecule has 0 aliphatic carbocycles. The average molecular weight is 327 g/mol. The molecule has 0 saturated carbocycles. The molecule has 0 spiro atoms. The van der Waals surface area contributed by atoms with E-state index < -0.39 is 0 Å². The van der Waals surface area contributed by atoms with Crippen LogP contribution in [0.2, 0.25) is 0 Å². The second-order valence-electron chi connectivity index (χ2n) is 4.99. The molecule has 1 heterocycles. The van der Waals surface area contributed by atoms with Crippen molar-refractivity contribution in [2.75, 3.05) is 20.1 Å². The van der Waals surface area contributed by atoms with E-state index in [9.17, 15) is 9.90 Å². The number of phenols is 1. The molecule has 1 aliphatic heterocycles. The molecule has 0 radical (unpaired) electrons. The summed E-state index contributed by atoms with van der Waals surface area (Å²) in [5.74, 6) is -0.122. The van der Waals surface area contributed by atoms with Crippen molar-refractivity contribution in [1.29, 1.82) is 0 Å². The largest absolute Gasteiger partial charge is 0.507 e. The van der Waals surface area contributed by atoms with Gasteiger partial charge in [0.05, 0.1) is 5.56 Å². The van der Waals surface area contributed by atoms with E-state index in [1.54, 1.807) is 24.1 Å². The fourth-order valence-electron chi connectivity index (χ4n) is 2.38. The number of rotatable bonds is 3. The van der Waals surface area contributed by atoms with Crippen molar-refractivity contribution >= 4 is 21.8 Å². The van der Waals surface area contributed by atoms with Crippen LogP contribution in [0.5, 0.6) is 5.75 Å². The van der Waals surface area contributed by atoms with Crippen LogP contribution < -0.4 is 5.32 Å². The molecular formula is C14H19BrN2O2. The molecule has 1 fully saturated rings. The van der Waals surface area contributed by atoms with Crippen LogP contribution in [-0.4, -0.2) is 42.1 Å². The minimum Gasteiger partial charge on any atom is -0.507 e. The molecule has 1 atom stereocenters. The number of phenolic OH excluding ortho intramolecular Hbond substituents is 1. The predicted octanol–water partition coefficient (Wildman–Crippen LogP) is 2.37. The van der Waals surface area contributed by atoms with E-state index in [0.29, 0.717) is 18.2 Å². The highest BCUT2D eigenvalue weighted by Crippen LogP contribution is 2.23. The van der Waals surface area contributed by atoms with Gasteiger partial charge in [-0.3, -0.25) is 4.79 Å². The van der Waals surface area contributed by atoms with E-state index in [4.69, 9.17) is 0 Å². The van der Waals surface area contributed by atoms with Gasteiger partial charge in [0.25, 0.3) is 5.91 Å². The van der Waals surface area contributed by atoms with Crippen LogP contribution >= 0.6 is 15.9 Å². The van der Waals surface area contributed by atoms with Crippen molar-refractivity contribution in [3.8, 4) is 5.75 Å². The highest BCUT2D eigenvalue weighted by atomic mass is 79.9. The van der Waals surface area contributed by atoms with Crippen molar-refractivity contribution in [2.24, 2.45) is 0 Å². The zero-order chi connectivity index (χ0) is 13.8. The molecule has 1 amide bonds. The molecule has 1 aliphatic rings. The Morgan fingerprint density at radius 2 is 2.32 bits per heavy atom. The van der Waals surface area contributed by atoms with Gasteiger partial charge in [0, 0.05) is 24.1 Å². The van der Waals surface area contributed by atoms with Gasteiger partial charge in [0.15, 0.2) is 0 Å². The Bertz CT molecular complexity index is 459. The lowest BCUT2D eigenvalue weighted by atomic mass is 10.0. The third-order valence-corrected chi connectivity index (χ3v) is 3.94. The SMILES string of the molecule is CN(CC1CCCCN1)C(=O)c1cc(Br)ccc1O. The quantitative estimate of drug-likeness (QED) is 0.896. The maximum atomic E-state index is 12.3. The molecular weight excluding hydrogens is 308 g/mol. The Kier molecular flexibility index (Phi) is 4.82. The first-order valence-electron chi connectivity index (χ1n) is 6.55. The highest BCUT2D eigenvalue weighted by Gasteiger charge is 2.20. The smallest absolute Gasteiger partial charge is 0.257 e. The summed E-state index contributed by atoms with van der Waals surface area (Å²) in [5.41, 5.74) is 0.340. The van der Waals surface area contributed by atoms with Gasteiger partial charge in [0.1, 0.15) is 5.75 Å². The molecule has 2 N–H and O–H groups in total. The highest BCUT2D eigenvalue weighted by molar-refractivity contribution is 9.10. The summed E-state index contributed by atoms with van der Waals surface area (Å²) in [5, 5.41) is 13.2. The third kappa shape index (κ3) is 3.70. The maximum Gasteiger partial charge on any atom is 0.257 e. The van der Waals surface area contributed by atoms with Gasteiger partial charge in [-0.25, -0.2) is 0 Å². The first kappa shape index (κ1) is 14.3. The van der Waals surface area contributed by atoms with Gasteiger partial charge in [-0.15, -0.1) is 0 Å². The first-order valence-corrected chi connectivity index (χ1v) is 7.34. The third-order valence-electron chi connectivity index (χ3n) is 3.44. The van der Waals surface area contributed by atoms with E-state index in [0.717, 1.165) is 17.4 Å². The minimum atomic E-state index is -0.147. The van der Waals surface area contributed by atoms with Crippen LogP contribution in [0.3, 0.4) is 0 Å². The van der Waals surface area contributed by atoms with E-state index in [2.05, 4.69) is 21.2 Å². The molecule has 5 heteroatoms. The molecule has 19 heavy (non-hydrogen) atoms. The average Bonchev–Trinajstić information content (AvgIpc) is 2.42. The molecule has 2 rings (SSSR count). The number of nitrogens with zero attached hydrogens (tertiary/aromatic N) is 1. The lowest BCUT2D eigenvalue weighted by Crippen LogP contribution is -2.44. The van der Waals surface area contributed by atoms with E-state index in [1.807, 2.05) is 0 Å². The summed E-state index contributed by atoms with van der Waals surface area (Å²) >= 11 is 3.32. The van der Waals surface area contributed by atoms with Gasteiger partial charge in [-0.1, -0.05) is 22.4 Å². The summed E-state index contributed by atoms with van der Waals surface area (Å²) in [6.07, 6.45) is 3.52. The fraction of sp³-hybridized carbons (Fsp3) is 0.500. The number of aromatic hydroxyl groups is 1. The summed E-state index contributed by atoms with van der Waals surface area (Å²) in [6.45, 7) is 1.69. The van der Waals surface area contributed by atoms with E-state index in [1.165, 1.54) is 18.9 Å². The van der Waals surface area contributed by atoms with E-state index >= 15 is 0 Å². The summed E-state index contributed by atoms with van der Waals surface area (Å²) in [6, 6.07) is 5.26. The fourth-order valence-corrected chi connectivity index (χ4v) is 2.74. The lowest BCUT2D eigenvalue weighted by molar-refractivity contribution is 0.0772.